The van der Waals surface area contributed by atoms with Crippen LogP contribution in [0.1, 0.15) is 203 Å². The summed E-state index contributed by atoms with van der Waals surface area (Å²) in [4.78, 5) is 239. The van der Waals surface area contributed by atoms with Crippen LogP contribution in [0.15, 0.2) is 39.5 Å². The van der Waals surface area contributed by atoms with Crippen LogP contribution in [-0.2, 0) is 78.1 Å². The molecule has 39 nitrogen and oxygen atoms in total. The van der Waals surface area contributed by atoms with Gasteiger partial charge in [0.2, 0.25) is 58.5 Å². The van der Waals surface area contributed by atoms with E-state index in [1.807, 2.05) is 0 Å². The number of nitrogens with zero attached hydrogens (tertiary/aromatic N) is 7. The van der Waals surface area contributed by atoms with Gasteiger partial charge in [-0.2, -0.15) is 0 Å². The van der Waals surface area contributed by atoms with E-state index in [1.54, 1.807) is 69.2 Å². The van der Waals surface area contributed by atoms with Gasteiger partial charge in [0, 0.05) is 88.8 Å². The number of nitrogens with two attached hydrogens (primary N) is 2. The number of nitrogens with one attached hydrogen (secondary N) is 4. The van der Waals surface area contributed by atoms with Crippen LogP contribution in [0, 0.1) is 37.5 Å². The molecule has 0 radical (unpaired) electrons. The zero-order valence-corrected chi connectivity index (χ0v) is 75.2. The first-order valence-corrected chi connectivity index (χ1v) is 42.8. The molecular formula is C89H115N13O26. The number of aromatic nitrogens is 1. The van der Waals surface area contributed by atoms with Gasteiger partial charge in [-0.25, -0.2) is 14.6 Å². The molecule has 10 unspecified atom stereocenters. The number of aliphatic hydroxyl groups is 2. The third-order valence-corrected chi connectivity index (χ3v) is 25.3. The Balaban J connectivity index is 0.000000344. The van der Waals surface area contributed by atoms with E-state index in [2.05, 4.69) is 21.3 Å². The molecule has 39 heteroatoms. The third kappa shape index (κ3) is 18.4. The number of aromatic hydroxyl groups is 2. The van der Waals surface area contributed by atoms with Crippen LogP contribution in [-0.4, -0.2) is 295 Å². The Bertz CT molecular complexity index is 5360. The number of carbonyl (C=O) groups is 15. The monoisotopic (exact) mass is 1780 g/mol. The predicted octanol–water partition coefficient (Wildman–Crippen LogP) is 1.75. The molecule has 0 spiro atoms. The molecule has 3 aromatic rings. The molecule has 692 valence electrons. The average Bonchev–Trinajstić information content (AvgIpc) is 0.850. The fourth-order valence-electron chi connectivity index (χ4n) is 17.9. The first-order valence-electron chi connectivity index (χ1n) is 42.8. The van der Waals surface area contributed by atoms with E-state index in [0.29, 0.717) is 18.4 Å². The second-order valence-corrected chi connectivity index (χ2v) is 35.7. The van der Waals surface area contributed by atoms with Gasteiger partial charge in [0.15, 0.2) is 29.2 Å². The second-order valence-electron chi connectivity index (χ2n) is 35.7. The number of anilines is 1. The number of ether oxygens (including phenoxy) is 5. The fraction of sp³-hybridized carbons (Fsp3) is 0.562. The molecule has 9 aliphatic rings. The minimum absolute atomic E-state index is 0.0147. The number of likely N-dealkylation sites (N-methyl/N-ethyl adjacent to an activating group) is 4. The number of amides is 10. The maximum atomic E-state index is 15.2. The summed E-state index contributed by atoms with van der Waals surface area (Å²) in [6, 6.07) is -4.15. The lowest BCUT2D eigenvalue weighted by Crippen LogP contribution is -2.61. The Morgan fingerprint density at radius 3 is 1.63 bits per heavy atom. The summed E-state index contributed by atoms with van der Waals surface area (Å²) in [5.41, 5.74) is 6.54. The van der Waals surface area contributed by atoms with Crippen LogP contribution in [0.3, 0.4) is 0 Å². The molecule has 12 rings (SSSR count). The number of esters is 2. The van der Waals surface area contributed by atoms with E-state index in [0.717, 1.165) is 9.80 Å². The summed E-state index contributed by atoms with van der Waals surface area (Å²) in [5.74, 6) is -15.5. The van der Waals surface area contributed by atoms with Crippen molar-refractivity contribution in [3.05, 3.63) is 96.2 Å². The third-order valence-electron chi connectivity index (χ3n) is 25.3. The number of rotatable bonds is 12. The second kappa shape index (κ2) is 38.1. The predicted molar refractivity (Wildman–Crippen MR) is 456 cm³/mol. The fourth-order valence-corrected chi connectivity index (χ4v) is 17.9. The SMILES string of the molecule is COc1cccc2c1C(=O)c1c(O)c3c(c(O)c1C2=O)C[C@@](O)(C(C)=O)C[C@@H]3O[C@H]1C[C@H](N)[C@H](O)[C@H](C)O1.Cc1c2oc3c(C)ccc(C(=O)NC4C(=O)NC(C(C)C)C(=O)N5CCCC5C(=O)N(C)CC(=O)N(C)C(C(C)C)C(=O)OC4C)c3nc-2c(C(=O)NC2C(=O)NC(C(C)C)C(=O)N3CCCC3C(=O)N(C)CC(=O)N(C)C(C(C)C)C(=O)OC2C)c(N)c1=O. The lowest BCUT2D eigenvalue weighted by Gasteiger charge is -2.42. The smallest absolute Gasteiger partial charge is 0.329 e. The first-order chi connectivity index (χ1) is 60.0. The number of benzene rings is 4. The van der Waals surface area contributed by atoms with Crippen LogP contribution in [0.4, 0.5) is 5.69 Å². The molecular weight excluding hydrogens is 1670 g/mol. The number of cyclic esters (lactones) is 2. The van der Waals surface area contributed by atoms with Crippen molar-refractivity contribution in [2.75, 3.05) is 67.2 Å². The number of phenols is 2. The summed E-state index contributed by atoms with van der Waals surface area (Å²) in [6.07, 6.45) is -6.18. The molecule has 0 saturated carbocycles. The topological polar surface area (TPSA) is 546 Å². The Kier molecular flexibility index (Phi) is 28.7. The van der Waals surface area contributed by atoms with E-state index < -0.39 is 273 Å². The maximum absolute atomic E-state index is 15.2. The van der Waals surface area contributed by atoms with E-state index in [1.165, 1.54) is 113 Å². The summed E-state index contributed by atoms with van der Waals surface area (Å²) in [6.45, 7) is 21.2. The Morgan fingerprint density at radius 2 is 1.16 bits per heavy atom. The molecule has 3 aliphatic carbocycles. The van der Waals surface area contributed by atoms with Gasteiger partial charge in [-0.05, 0) is 109 Å². The maximum Gasteiger partial charge on any atom is 0.329 e. The molecule has 10 amide bonds. The summed E-state index contributed by atoms with van der Waals surface area (Å²) < 4.78 is 35.4. The van der Waals surface area contributed by atoms with Crippen LogP contribution in [0.2, 0.25) is 0 Å². The molecule has 128 heavy (non-hydrogen) atoms. The first kappa shape index (κ1) is 96.6. The van der Waals surface area contributed by atoms with Crippen molar-refractivity contribution in [1.29, 1.82) is 0 Å². The molecule has 5 saturated heterocycles. The number of ketones is 3. The number of aliphatic hydroxyl groups excluding tert-OH is 1. The summed E-state index contributed by atoms with van der Waals surface area (Å²) in [5, 5.41) is 54.8. The minimum Gasteiger partial charge on any atom is -0.507 e. The number of nitrogen functional groups attached to an aromatic ring is 1. The van der Waals surface area contributed by atoms with Gasteiger partial charge in [-0.15, -0.1) is 0 Å². The van der Waals surface area contributed by atoms with Crippen LogP contribution >= 0.6 is 0 Å². The number of fused-ring (bicyclic) bond motifs is 7. The van der Waals surface area contributed by atoms with Gasteiger partial charge in [0.1, 0.15) is 94.6 Å². The van der Waals surface area contributed by atoms with Gasteiger partial charge in [-0.3, -0.25) is 67.1 Å². The van der Waals surface area contributed by atoms with Crippen molar-refractivity contribution in [2.24, 2.45) is 29.4 Å². The molecule has 3 aromatic carbocycles. The Hall–Kier alpha value is -12.1. The van der Waals surface area contributed by atoms with Crippen molar-refractivity contribution >= 4 is 105 Å². The molecule has 5 fully saturated rings. The van der Waals surface area contributed by atoms with Gasteiger partial charge in [0.05, 0.1) is 72.0 Å². The van der Waals surface area contributed by atoms with E-state index in [9.17, 15) is 87.5 Å². The molecule has 12 N–H and O–H groups in total. The molecule has 0 bridgehead atoms. The lowest BCUT2D eigenvalue weighted by molar-refractivity contribution is -0.247. The number of phenolic OH excluding ortho intramolecular Hbond substituents is 2. The van der Waals surface area contributed by atoms with Crippen LogP contribution < -0.4 is 42.9 Å². The Labute approximate surface area is 738 Å². The van der Waals surface area contributed by atoms with Crippen LogP contribution in [0.25, 0.3) is 22.6 Å². The normalized spacial score (nSPS) is 27.4. The summed E-state index contributed by atoms with van der Waals surface area (Å²) >= 11 is 0. The highest BCUT2D eigenvalue weighted by atomic mass is 16.7. The van der Waals surface area contributed by atoms with E-state index in [4.69, 9.17) is 44.6 Å². The van der Waals surface area contributed by atoms with Crippen molar-refractivity contribution in [1.82, 2.24) is 55.7 Å². The van der Waals surface area contributed by atoms with Gasteiger partial charge in [0.25, 0.3) is 11.8 Å². The number of aryl methyl sites for hydroxylation is 1. The van der Waals surface area contributed by atoms with Gasteiger partial charge in [-0.1, -0.05) is 73.6 Å². The number of hydrogen-bond acceptors (Lipinski definition) is 29. The zero-order chi connectivity index (χ0) is 94.7. The van der Waals surface area contributed by atoms with Crippen molar-refractivity contribution in [3.8, 4) is 28.7 Å². The van der Waals surface area contributed by atoms with Crippen LogP contribution in [0.5, 0.6) is 17.2 Å². The lowest BCUT2D eigenvalue weighted by atomic mass is 9.72. The number of carbonyl (C=O) groups excluding carboxylic acids is 15. The van der Waals surface area contributed by atoms with Crippen molar-refractivity contribution in [2.45, 2.75) is 239 Å². The summed E-state index contributed by atoms with van der Waals surface area (Å²) in [7, 11) is 6.92. The highest BCUT2D eigenvalue weighted by molar-refractivity contribution is 6.31. The molecule has 6 aliphatic heterocycles. The zero-order valence-electron chi connectivity index (χ0n) is 75.2. The van der Waals surface area contributed by atoms with Gasteiger partial charge < -0.3 is 111 Å². The van der Waals surface area contributed by atoms with E-state index in [-0.39, 0.29) is 94.8 Å². The number of hydrogen-bond donors (Lipinski definition) is 10. The van der Waals surface area contributed by atoms with Crippen molar-refractivity contribution < 1.29 is 120 Å². The number of methoxy groups -OCH3 is 1. The quantitative estimate of drug-likeness (QED) is 0.0361. The van der Waals surface area contributed by atoms with Crippen molar-refractivity contribution in [3.63, 3.8) is 0 Å². The molecule has 6 heterocycles. The van der Waals surface area contributed by atoms with Gasteiger partial charge >= 0.3 is 11.9 Å². The standard InChI is InChI=1S/C62H86N12O16.C27H29NO10/c1-27(2)42-59(84)73-23-17-19-36(73)57(82)69(13)25-38(75)71(15)48(29(5)6)61(86)88-33(11)44(55(80)65-42)67-53(78)35-22-21-31(9)51-46(35)64-47-40(41(63)50(77)32(10)52(47)90-51)54(79)68-45-34(12)89-62(87)49(30(7)8)72(16)39(76)26-70(14)58(83)37-20-18-24-74(37)60(85)43(28(3)4)66-56(45)81;1-10-22(30)14(28)7-17(37-10)38-16-9-27(35,11(2)29)8-13-19(16)26(34)21-20(24(13)32)23(31)12-5-4-6-15(36-3)18(12)25(21)33/h21-22,27-30,33-34,36-37,42-45,48-49H,17-20,23-26,63H2,1-16H3,(H,65,80)(H,66,81)(H,67,78)(H,68,79);4-6,10,14,16-17,22,30,32,34-35H,7-9,28H2,1-3H3/t;10-,14-,16-,17-,22+,27-/m.0/s1. The molecule has 0 aromatic heterocycles. The van der Waals surface area contributed by atoms with E-state index >= 15 is 9.59 Å². The minimum atomic E-state index is -2.00. The highest BCUT2D eigenvalue weighted by Gasteiger charge is 2.52. The average molecular weight is 1780 g/mol. The number of Topliss-reactive ketones (excluding diaryl/α,β-unsaturated/α-hetero) is 1. The Morgan fingerprint density at radius 1 is 0.656 bits per heavy atom. The molecule has 16 atom stereocenters. The highest BCUT2D eigenvalue weighted by Crippen LogP contribution is 2.53. The largest absolute Gasteiger partial charge is 0.507 e.